The second-order valence-electron chi connectivity index (χ2n) is 5.18. The van der Waals surface area contributed by atoms with E-state index < -0.39 is 0 Å². The van der Waals surface area contributed by atoms with Gasteiger partial charge in [0.1, 0.15) is 0 Å². The number of ketones is 1. The predicted octanol–water partition coefficient (Wildman–Crippen LogP) is 2.17. The Morgan fingerprint density at radius 2 is 2.30 bits per heavy atom. The lowest BCUT2D eigenvalue weighted by molar-refractivity contribution is 0.102. The number of aryl methyl sites for hydroxylation is 1. The molecular weight excluding hydrogens is 250 g/mol. The maximum Gasteiger partial charge on any atom is 0.228 e. The summed E-state index contributed by atoms with van der Waals surface area (Å²) in [5, 5.41) is 3.34. The van der Waals surface area contributed by atoms with Crippen LogP contribution < -0.4 is 5.32 Å². The highest BCUT2D eigenvalue weighted by molar-refractivity contribution is 6.06. The average molecular weight is 269 g/mol. The average Bonchev–Trinajstić information content (AvgIpc) is 2.94. The lowest BCUT2D eigenvalue weighted by Crippen LogP contribution is -2.24. The van der Waals surface area contributed by atoms with Gasteiger partial charge in [0.2, 0.25) is 5.78 Å². The van der Waals surface area contributed by atoms with Crippen molar-refractivity contribution in [2.45, 2.75) is 32.9 Å². The first kappa shape index (κ1) is 13.1. The summed E-state index contributed by atoms with van der Waals surface area (Å²) >= 11 is 0. The fourth-order valence-corrected chi connectivity index (χ4v) is 2.69. The molecular formula is C16H19N3O. The quantitative estimate of drug-likeness (QED) is 0.865. The number of carbonyl (C=O) groups excluding carboxylic acids is 1. The van der Waals surface area contributed by atoms with E-state index in [4.69, 9.17) is 0 Å². The van der Waals surface area contributed by atoms with Gasteiger partial charge in [-0.25, -0.2) is 4.98 Å². The van der Waals surface area contributed by atoms with Gasteiger partial charge in [0, 0.05) is 31.0 Å². The number of imidazole rings is 1. The fraction of sp³-hybridized carbons (Fsp3) is 0.375. The third-order valence-electron chi connectivity index (χ3n) is 3.74. The summed E-state index contributed by atoms with van der Waals surface area (Å²) in [6.07, 6.45) is 5.60. The molecule has 1 N–H and O–H groups in total. The van der Waals surface area contributed by atoms with Crippen LogP contribution in [0.2, 0.25) is 0 Å². The van der Waals surface area contributed by atoms with Crippen LogP contribution in [0.15, 0.2) is 30.6 Å². The first-order valence-electron chi connectivity index (χ1n) is 7.18. The summed E-state index contributed by atoms with van der Waals surface area (Å²) in [7, 11) is 0. The monoisotopic (exact) mass is 269 g/mol. The van der Waals surface area contributed by atoms with E-state index in [1.54, 1.807) is 6.20 Å². The highest BCUT2D eigenvalue weighted by Gasteiger charge is 2.17. The van der Waals surface area contributed by atoms with Crippen LogP contribution in [0.4, 0.5) is 0 Å². The van der Waals surface area contributed by atoms with Gasteiger partial charge < -0.3 is 9.88 Å². The van der Waals surface area contributed by atoms with Crippen molar-refractivity contribution in [3.63, 3.8) is 0 Å². The van der Waals surface area contributed by atoms with E-state index in [1.165, 1.54) is 11.1 Å². The Hall–Kier alpha value is -1.94. The number of nitrogens with one attached hydrogen (secondary N) is 1. The van der Waals surface area contributed by atoms with Crippen molar-refractivity contribution in [2.24, 2.45) is 0 Å². The number of hydrogen-bond acceptors (Lipinski definition) is 3. The van der Waals surface area contributed by atoms with Gasteiger partial charge in [-0.05, 0) is 36.6 Å². The van der Waals surface area contributed by atoms with Gasteiger partial charge in [-0.15, -0.1) is 0 Å². The van der Waals surface area contributed by atoms with Gasteiger partial charge in [-0.3, -0.25) is 4.79 Å². The Bertz CT molecular complexity index is 630. The molecule has 2 heterocycles. The molecule has 3 rings (SSSR count). The van der Waals surface area contributed by atoms with Crippen molar-refractivity contribution in [2.75, 3.05) is 6.54 Å². The Kier molecular flexibility index (Phi) is 3.65. The first-order chi connectivity index (χ1) is 9.79. The highest BCUT2D eigenvalue weighted by Crippen LogP contribution is 2.18. The molecule has 104 valence electrons. The molecule has 0 saturated heterocycles. The molecule has 0 bridgehead atoms. The van der Waals surface area contributed by atoms with Gasteiger partial charge in [-0.1, -0.05) is 19.1 Å². The van der Waals surface area contributed by atoms with Crippen LogP contribution in [0.25, 0.3) is 0 Å². The van der Waals surface area contributed by atoms with Gasteiger partial charge in [0.05, 0.1) is 0 Å². The van der Waals surface area contributed by atoms with Crippen LogP contribution in [0.1, 0.15) is 40.7 Å². The van der Waals surface area contributed by atoms with Crippen LogP contribution in [0.5, 0.6) is 0 Å². The van der Waals surface area contributed by atoms with Gasteiger partial charge >= 0.3 is 0 Å². The van der Waals surface area contributed by atoms with Crippen molar-refractivity contribution >= 4 is 5.78 Å². The van der Waals surface area contributed by atoms with E-state index in [0.717, 1.165) is 38.0 Å². The number of nitrogens with zero attached hydrogens (tertiary/aromatic N) is 2. The minimum absolute atomic E-state index is 0.0109. The minimum atomic E-state index is 0.0109. The van der Waals surface area contributed by atoms with Crippen LogP contribution in [-0.4, -0.2) is 21.9 Å². The van der Waals surface area contributed by atoms with E-state index in [2.05, 4.69) is 23.3 Å². The van der Waals surface area contributed by atoms with Gasteiger partial charge in [0.25, 0.3) is 0 Å². The topological polar surface area (TPSA) is 46.9 Å². The number of benzene rings is 1. The molecule has 0 unspecified atom stereocenters. The van der Waals surface area contributed by atoms with Crippen LogP contribution in [-0.2, 0) is 19.5 Å². The summed E-state index contributed by atoms with van der Waals surface area (Å²) in [5.74, 6) is 0.549. The van der Waals surface area contributed by atoms with Crippen molar-refractivity contribution in [3.05, 3.63) is 53.1 Å². The molecule has 0 fully saturated rings. The number of rotatable bonds is 4. The first-order valence-corrected chi connectivity index (χ1v) is 7.18. The van der Waals surface area contributed by atoms with Crippen molar-refractivity contribution < 1.29 is 4.79 Å². The number of fused-ring (bicyclic) bond motifs is 1. The summed E-state index contributed by atoms with van der Waals surface area (Å²) in [6.45, 7) is 4.79. The highest BCUT2D eigenvalue weighted by atomic mass is 16.1. The Balaban J connectivity index is 1.92. The molecule has 0 aliphatic carbocycles. The van der Waals surface area contributed by atoms with Crippen LogP contribution in [0.3, 0.4) is 0 Å². The molecule has 0 atom stereocenters. The molecule has 0 spiro atoms. The molecule has 20 heavy (non-hydrogen) atoms. The second-order valence-corrected chi connectivity index (χ2v) is 5.18. The smallest absolute Gasteiger partial charge is 0.228 e. The van der Waals surface area contributed by atoms with Crippen molar-refractivity contribution in [3.8, 4) is 0 Å². The zero-order valence-corrected chi connectivity index (χ0v) is 11.7. The van der Waals surface area contributed by atoms with Gasteiger partial charge in [-0.2, -0.15) is 0 Å². The third-order valence-corrected chi connectivity index (χ3v) is 3.74. The molecule has 1 aromatic heterocycles. The standard InChI is InChI=1S/C16H19N3O/c1-2-8-19-9-7-18-16(19)15(20)13-4-3-12-5-6-17-11-14(12)10-13/h3-4,7,9-10,17H,2,5-6,8,11H2,1H3. The normalized spacial score (nSPS) is 14.1. The molecule has 4 nitrogen and oxygen atoms in total. The molecule has 0 radical (unpaired) electrons. The van der Waals surface area contributed by atoms with E-state index >= 15 is 0 Å². The largest absolute Gasteiger partial charge is 0.328 e. The molecule has 0 saturated carbocycles. The maximum atomic E-state index is 12.6. The number of carbonyl (C=O) groups is 1. The van der Waals surface area contributed by atoms with Crippen molar-refractivity contribution in [1.82, 2.24) is 14.9 Å². The summed E-state index contributed by atoms with van der Waals surface area (Å²) < 4.78 is 1.93. The molecule has 1 aliphatic rings. The Morgan fingerprint density at radius 3 is 3.15 bits per heavy atom. The lowest BCUT2D eigenvalue weighted by Gasteiger charge is -2.17. The predicted molar refractivity (Wildman–Crippen MR) is 77.8 cm³/mol. The SMILES string of the molecule is CCCn1ccnc1C(=O)c1ccc2c(c1)CNCC2. The minimum Gasteiger partial charge on any atom is -0.328 e. The summed E-state index contributed by atoms with van der Waals surface area (Å²) in [5.41, 5.74) is 3.31. The van der Waals surface area contributed by atoms with E-state index in [0.29, 0.717) is 5.82 Å². The summed E-state index contributed by atoms with van der Waals surface area (Å²) in [4.78, 5) is 16.8. The van der Waals surface area contributed by atoms with E-state index in [9.17, 15) is 4.79 Å². The summed E-state index contributed by atoms with van der Waals surface area (Å²) in [6, 6.07) is 6.02. The molecule has 0 amide bonds. The molecule has 1 aromatic carbocycles. The third kappa shape index (κ3) is 2.39. The maximum absolute atomic E-state index is 12.6. The zero-order chi connectivity index (χ0) is 13.9. The number of hydrogen-bond donors (Lipinski definition) is 1. The second kappa shape index (κ2) is 5.59. The van der Waals surface area contributed by atoms with Crippen molar-refractivity contribution in [1.29, 1.82) is 0 Å². The molecule has 1 aliphatic heterocycles. The van der Waals surface area contributed by atoms with E-state index in [1.807, 2.05) is 22.9 Å². The van der Waals surface area contributed by atoms with Crippen LogP contribution in [0, 0.1) is 0 Å². The zero-order valence-electron chi connectivity index (χ0n) is 11.7. The fourth-order valence-electron chi connectivity index (χ4n) is 2.69. The van der Waals surface area contributed by atoms with Crippen LogP contribution >= 0.6 is 0 Å². The van der Waals surface area contributed by atoms with Gasteiger partial charge in [0.15, 0.2) is 5.82 Å². The Labute approximate surface area is 118 Å². The molecule has 4 heteroatoms. The number of aromatic nitrogens is 2. The Morgan fingerprint density at radius 1 is 1.40 bits per heavy atom. The molecule has 2 aromatic rings. The van der Waals surface area contributed by atoms with E-state index in [-0.39, 0.29) is 5.78 Å². The lowest BCUT2D eigenvalue weighted by atomic mass is 9.97.